The molecule has 0 heterocycles. The second-order valence-electron chi connectivity index (χ2n) is 6.90. The maximum atomic E-state index is 13.6. The van der Waals surface area contributed by atoms with E-state index in [-0.39, 0.29) is 11.3 Å². The molecular weight excluding hydrogens is 366 g/mol. The average molecular weight is 385 g/mol. The van der Waals surface area contributed by atoms with Crippen molar-refractivity contribution in [1.29, 1.82) is 0 Å². The largest absolute Gasteiger partial charge is 0.508 e. The molecule has 0 spiro atoms. The Morgan fingerprint density at radius 3 is 2.22 bits per heavy atom. The number of amides is 1. The minimum absolute atomic E-state index is 0.0802. The summed E-state index contributed by atoms with van der Waals surface area (Å²) in [6.07, 6.45) is -6.43. The molecule has 0 saturated heterocycles. The van der Waals surface area contributed by atoms with Crippen molar-refractivity contribution in [1.82, 2.24) is 0 Å². The highest BCUT2D eigenvalue weighted by atomic mass is 19.4. The van der Waals surface area contributed by atoms with Crippen molar-refractivity contribution in [2.24, 2.45) is 0 Å². The molecule has 146 valence electrons. The lowest BCUT2D eigenvalue weighted by Gasteiger charge is -2.36. The van der Waals surface area contributed by atoms with Crippen LogP contribution >= 0.6 is 0 Å². The van der Waals surface area contributed by atoms with Crippen molar-refractivity contribution < 1.29 is 32.6 Å². The molecule has 0 bridgehead atoms. The van der Waals surface area contributed by atoms with Gasteiger partial charge in [0.1, 0.15) is 11.6 Å². The minimum Gasteiger partial charge on any atom is -0.508 e. The number of aromatic hydroxyl groups is 1. The zero-order valence-corrected chi connectivity index (χ0v) is 14.6. The lowest BCUT2D eigenvalue weighted by Crippen LogP contribution is -2.57. The first kappa shape index (κ1) is 20.7. The first-order valence-corrected chi connectivity index (χ1v) is 8.01. The van der Waals surface area contributed by atoms with Gasteiger partial charge in [-0.2, -0.15) is 13.2 Å². The summed E-state index contributed by atoms with van der Waals surface area (Å²) in [6, 6.07) is 10.2. The molecule has 0 radical (unpaired) electrons. The van der Waals surface area contributed by atoms with Crippen molar-refractivity contribution in [3.05, 3.63) is 59.9 Å². The van der Waals surface area contributed by atoms with Crippen LogP contribution in [0.2, 0.25) is 0 Å². The summed E-state index contributed by atoms with van der Waals surface area (Å²) in [6.45, 7) is 2.54. The number of alkyl halides is 3. The topological polar surface area (TPSA) is 69.6 Å². The number of rotatable bonds is 5. The molecule has 2 rings (SSSR count). The Labute approximate surface area is 153 Å². The Morgan fingerprint density at radius 1 is 1.07 bits per heavy atom. The summed E-state index contributed by atoms with van der Waals surface area (Å²) in [5.41, 5.74) is -5.41. The number of hydrogen-bond acceptors (Lipinski definition) is 3. The zero-order chi connectivity index (χ0) is 20.5. The molecule has 2 aromatic carbocycles. The molecule has 0 aromatic heterocycles. The lowest BCUT2D eigenvalue weighted by atomic mass is 9.74. The standard InChI is InChI=1S/C19H19F4NO3/c1-17(2,14-10-12(20)8-9-15(14)25)11-18(27,19(21,22)23)16(26)24-13-6-4-3-5-7-13/h3-10,25,27H,11H2,1-2H3,(H,24,26). The van der Waals surface area contributed by atoms with Gasteiger partial charge in [0, 0.05) is 17.7 Å². The summed E-state index contributed by atoms with van der Waals surface area (Å²) in [5, 5.41) is 22.3. The second-order valence-corrected chi connectivity index (χ2v) is 6.90. The Bertz CT molecular complexity index is 821. The highest BCUT2D eigenvalue weighted by Crippen LogP contribution is 2.44. The number of aliphatic hydroxyl groups is 1. The number of nitrogens with one attached hydrogen (secondary N) is 1. The van der Waals surface area contributed by atoms with Gasteiger partial charge in [0.05, 0.1) is 0 Å². The maximum Gasteiger partial charge on any atom is 0.426 e. The monoisotopic (exact) mass is 385 g/mol. The average Bonchev–Trinajstić information content (AvgIpc) is 2.56. The van der Waals surface area contributed by atoms with Gasteiger partial charge in [-0.25, -0.2) is 4.39 Å². The summed E-state index contributed by atoms with van der Waals surface area (Å²) in [4.78, 5) is 12.3. The molecule has 1 unspecified atom stereocenters. The van der Waals surface area contributed by atoms with Crippen molar-refractivity contribution in [2.75, 3.05) is 5.32 Å². The Morgan fingerprint density at radius 2 is 1.67 bits per heavy atom. The molecule has 1 atom stereocenters. The number of carbonyl (C=O) groups is 1. The number of hydrogen-bond donors (Lipinski definition) is 3. The molecule has 0 aliphatic heterocycles. The van der Waals surface area contributed by atoms with Crippen LogP contribution in [-0.4, -0.2) is 27.9 Å². The zero-order valence-electron chi connectivity index (χ0n) is 14.6. The van der Waals surface area contributed by atoms with Gasteiger partial charge < -0.3 is 15.5 Å². The Kier molecular flexibility index (Phi) is 5.51. The van der Waals surface area contributed by atoms with Gasteiger partial charge >= 0.3 is 6.18 Å². The quantitative estimate of drug-likeness (QED) is 0.678. The van der Waals surface area contributed by atoms with Crippen LogP contribution in [0.25, 0.3) is 0 Å². The number of carbonyl (C=O) groups excluding carboxylic acids is 1. The van der Waals surface area contributed by atoms with Crippen molar-refractivity contribution in [3.8, 4) is 5.75 Å². The second kappa shape index (κ2) is 7.19. The van der Waals surface area contributed by atoms with Gasteiger partial charge in [0.15, 0.2) is 0 Å². The number of phenolic OH excluding ortho intramolecular Hbond substituents is 1. The fourth-order valence-corrected chi connectivity index (χ4v) is 2.85. The fraction of sp³-hybridized carbons (Fsp3) is 0.316. The van der Waals surface area contributed by atoms with Gasteiger partial charge in [0.2, 0.25) is 5.60 Å². The van der Waals surface area contributed by atoms with Crippen molar-refractivity contribution >= 4 is 11.6 Å². The van der Waals surface area contributed by atoms with E-state index in [1.165, 1.54) is 38.1 Å². The minimum atomic E-state index is -5.30. The lowest BCUT2D eigenvalue weighted by molar-refractivity contribution is -0.254. The summed E-state index contributed by atoms with van der Waals surface area (Å²) < 4.78 is 54.4. The Balaban J connectivity index is 2.41. The molecule has 0 aliphatic rings. The molecule has 3 N–H and O–H groups in total. The normalized spacial score (nSPS) is 14.5. The number of para-hydroxylation sites is 1. The van der Waals surface area contributed by atoms with E-state index in [1.54, 1.807) is 6.07 Å². The van der Waals surface area contributed by atoms with E-state index in [1.807, 2.05) is 5.32 Å². The van der Waals surface area contributed by atoms with Crippen LogP contribution in [0, 0.1) is 5.82 Å². The van der Waals surface area contributed by atoms with E-state index in [4.69, 9.17) is 0 Å². The highest BCUT2D eigenvalue weighted by Gasteiger charge is 2.61. The molecular formula is C19H19F4NO3. The number of halogens is 4. The molecule has 4 nitrogen and oxygen atoms in total. The van der Waals surface area contributed by atoms with E-state index >= 15 is 0 Å². The van der Waals surface area contributed by atoms with Crippen LogP contribution < -0.4 is 5.32 Å². The van der Waals surface area contributed by atoms with Gasteiger partial charge in [-0.1, -0.05) is 32.0 Å². The maximum absolute atomic E-state index is 13.6. The van der Waals surface area contributed by atoms with Crippen LogP contribution in [0.3, 0.4) is 0 Å². The number of anilines is 1. The molecule has 0 aliphatic carbocycles. The van der Waals surface area contributed by atoms with Crippen molar-refractivity contribution in [3.63, 3.8) is 0 Å². The summed E-state index contributed by atoms with van der Waals surface area (Å²) >= 11 is 0. The van der Waals surface area contributed by atoms with Crippen molar-refractivity contribution in [2.45, 2.75) is 37.5 Å². The van der Waals surface area contributed by atoms with Gasteiger partial charge in [-0.05, 0) is 35.7 Å². The highest BCUT2D eigenvalue weighted by molar-refractivity contribution is 5.98. The van der Waals surface area contributed by atoms with Gasteiger partial charge in [-0.15, -0.1) is 0 Å². The van der Waals surface area contributed by atoms with Crippen LogP contribution in [0.5, 0.6) is 5.75 Å². The van der Waals surface area contributed by atoms with Crippen LogP contribution in [-0.2, 0) is 10.2 Å². The van der Waals surface area contributed by atoms with E-state index in [0.29, 0.717) is 0 Å². The van der Waals surface area contributed by atoms with E-state index in [0.717, 1.165) is 18.2 Å². The summed E-state index contributed by atoms with van der Waals surface area (Å²) in [5.74, 6) is -2.86. The first-order chi connectivity index (χ1) is 12.4. The predicted molar refractivity (Wildman–Crippen MR) is 91.8 cm³/mol. The third-order valence-corrected chi connectivity index (χ3v) is 4.26. The molecule has 1 amide bonds. The van der Waals surface area contributed by atoms with Crippen LogP contribution in [0.1, 0.15) is 25.8 Å². The molecule has 2 aromatic rings. The molecule has 8 heteroatoms. The molecule has 27 heavy (non-hydrogen) atoms. The van der Waals surface area contributed by atoms with Crippen LogP contribution in [0.15, 0.2) is 48.5 Å². The SMILES string of the molecule is CC(C)(CC(O)(C(=O)Nc1ccccc1)C(F)(F)F)c1cc(F)ccc1O. The van der Waals surface area contributed by atoms with Gasteiger partial charge in [-0.3, -0.25) is 4.79 Å². The first-order valence-electron chi connectivity index (χ1n) is 8.01. The number of phenols is 1. The number of benzene rings is 2. The fourth-order valence-electron chi connectivity index (χ4n) is 2.85. The molecule has 0 saturated carbocycles. The Hall–Kier alpha value is -2.61. The summed E-state index contributed by atoms with van der Waals surface area (Å²) in [7, 11) is 0. The van der Waals surface area contributed by atoms with E-state index < -0.39 is 41.1 Å². The van der Waals surface area contributed by atoms with E-state index in [2.05, 4.69) is 0 Å². The third kappa shape index (κ3) is 4.39. The van der Waals surface area contributed by atoms with Crippen LogP contribution in [0.4, 0.5) is 23.2 Å². The van der Waals surface area contributed by atoms with E-state index in [9.17, 15) is 32.6 Å². The van der Waals surface area contributed by atoms with Gasteiger partial charge in [0.25, 0.3) is 5.91 Å². The third-order valence-electron chi connectivity index (χ3n) is 4.26. The smallest absolute Gasteiger partial charge is 0.426 e. The molecule has 0 fully saturated rings. The predicted octanol–water partition coefficient (Wildman–Crippen LogP) is 4.13.